The lowest BCUT2D eigenvalue weighted by atomic mass is 9.92. The summed E-state index contributed by atoms with van der Waals surface area (Å²) >= 11 is 1.87. The second kappa shape index (κ2) is 11.1. The van der Waals surface area contributed by atoms with Crippen LogP contribution in [0.4, 0.5) is 0 Å². The molecule has 1 saturated heterocycles. The van der Waals surface area contributed by atoms with E-state index in [1.54, 1.807) is 0 Å². The smallest absolute Gasteiger partial charge is 0.0380 e. The van der Waals surface area contributed by atoms with Crippen molar-refractivity contribution in [2.45, 2.75) is 31.1 Å². The Bertz CT molecular complexity index is 936. The van der Waals surface area contributed by atoms with Crippen LogP contribution in [0.5, 0.6) is 0 Å². The molecule has 30 heavy (non-hydrogen) atoms. The number of allylic oxidation sites excluding steroid dienone is 3. The van der Waals surface area contributed by atoms with E-state index in [9.17, 15) is 0 Å². The molecule has 2 nitrogen and oxygen atoms in total. The van der Waals surface area contributed by atoms with Crippen LogP contribution in [0.3, 0.4) is 0 Å². The highest BCUT2D eigenvalue weighted by Crippen LogP contribution is 2.29. The minimum atomic E-state index is 0.612. The first-order valence-corrected chi connectivity index (χ1v) is 11.8. The molecule has 3 heteroatoms. The predicted molar refractivity (Wildman–Crippen MR) is 134 cm³/mol. The lowest BCUT2D eigenvalue weighted by molar-refractivity contribution is 0.236. The fourth-order valence-corrected chi connectivity index (χ4v) is 4.93. The summed E-state index contributed by atoms with van der Waals surface area (Å²) < 4.78 is 0. The Hall–Kier alpha value is -2.39. The van der Waals surface area contributed by atoms with Gasteiger partial charge in [0.15, 0.2) is 0 Å². The molecular weight excluding hydrogens is 384 g/mol. The lowest BCUT2D eigenvalue weighted by Gasteiger charge is -2.35. The van der Waals surface area contributed by atoms with E-state index in [1.165, 1.54) is 45.5 Å². The van der Waals surface area contributed by atoms with Gasteiger partial charge < -0.3 is 10.2 Å². The molecule has 0 saturated carbocycles. The summed E-state index contributed by atoms with van der Waals surface area (Å²) in [5, 5.41) is 5.95. The Kier molecular flexibility index (Phi) is 8.27. The molecule has 1 aliphatic rings. The van der Waals surface area contributed by atoms with Crippen LogP contribution in [-0.2, 0) is 0 Å². The van der Waals surface area contributed by atoms with Gasteiger partial charge in [0.1, 0.15) is 0 Å². The number of likely N-dealkylation sites (tertiary alicyclic amines) is 1. The van der Waals surface area contributed by atoms with E-state index in [2.05, 4.69) is 91.0 Å². The molecule has 2 aromatic carbocycles. The van der Waals surface area contributed by atoms with Gasteiger partial charge >= 0.3 is 0 Å². The number of hydrogen-bond acceptors (Lipinski definition) is 3. The summed E-state index contributed by atoms with van der Waals surface area (Å²) in [6.45, 7) is 12.8. The fourth-order valence-electron chi connectivity index (χ4n) is 3.86. The number of thioether (sulfide) groups is 1. The zero-order valence-electron chi connectivity index (χ0n) is 18.4. The lowest BCUT2D eigenvalue weighted by Crippen LogP contribution is -2.34. The van der Waals surface area contributed by atoms with Gasteiger partial charge in [-0.1, -0.05) is 67.3 Å². The molecule has 1 heterocycles. The Balaban J connectivity index is 1.53. The van der Waals surface area contributed by atoms with Crippen molar-refractivity contribution in [3.8, 4) is 0 Å². The molecule has 3 rings (SSSR count). The van der Waals surface area contributed by atoms with Crippen LogP contribution < -0.4 is 5.32 Å². The SMILES string of the molecule is C=C(C)C1CCCN(C(=C)C/C=C\C=C(\CSc2cccc3ccccc23)NC)C1. The molecule has 0 aliphatic carbocycles. The number of piperidine rings is 1. The van der Waals surface area contributed by atoms with Gasteiger partial charge in [-0.05, 0) is 48.6 Å². The van der Waals surface area contributed by atoms with Gasteiger partial charge in [-0.2, -0.15) is 0 Å². The molecule has 158 valence electrons. The summed E-state index contributed by atoms with van der Waals surface area (Å²) in [5.41, 5.74) is 3.73. The third-order valence-corrected chi connectivity index (χ3v) is 6.93. The highest BCUT2D eigenvalue weighted by atomic mass is 32.2. The van der Waals surface area contributed by atoms with E-state index >= 15 is 0 Å². The van der Waals surface area contributed by atoms with Crippen molar-refractivity contribution in [1.29, 1.82) is 0 Å². The van der Waals surface area contributed by atoms with Crippen LogP contribution in [0.1, 0.15) is 26.2 Å². The van der Waals surface area contributed by atoms with E-state index < -0.39 is 0 Å². The number of benzene rings is 2. The van der Waals surface area contributed by atoms with E-state index in [0.29, 0.717) is 5.92 Å². The fraction of sp³-hybridized carbons (Fsp3) is 0.333. The van der Waals surface area contributed by atoms with Gasteiger partial charge in [0.25, 0.3) is 0 Å². The summed E-state index contributed by atoms with van der Waals surface area (Å²) in [5.74, 6) is 1.53. The average Bonchev–Trinajstić information content (AvgIpc) is 2.78. The topological polar surface area (TPSA) is 15.3 Å². The van der Waals surface area contributed by atoms with Gasteiger partial charge in [-0.15, -0.1) is 11.8 Å². The standard InChI is InChI=1S/C27H34N2S/c1-21(2)24-14-10-18-29(19-24)22(3)11-5-7-15-25(28-4)20-30-27-17-9-13-23-12-6-8-16-26(23)27/h5-9,12-13,15-17,24,28H,1,3,10-11,14,18-20H2,2,4H3/b7-5-,25-15-. The number of rotatable bonds is 9. The molecule has 0 aromatic heterocycles. The minimum Gasteiger partial charge on any atom is -0.391 e. The van der Waals surface area contributed by atoms with Crippen molar-refractivity contribution in [2.75, 3.05) is 25.9 Å². The number of nitrogens with zero attached hydrogens (tertiary/aromatic N) is 1. The van der Waals surface area contributed by atoms with Crippen LogP contribution in [-0.4, -0.2) is 30.8 Å². The monoisotopic (exact) mass is 418 g/mol. The summed E-state index contributed by atoms with van der Waals surface area (Å²) in [7, 11) is 1.99. The van der Waals surface area contributed by atoms with Crippen LogP contribution in [0.15, 0.2) is 95.7 Å². The number of nitrogens with one attached hydrogen (secondary N) is 1. The molecule has 0 spiro atoms. The first-order chi connectivity index (χ1) is 14.6. The molecule has 1 aliphatic heterocycles. The van der Waals surface area contributed by atoms with Crippen LogP contribution in [0.25, 0.3) is 10.8 Å². The highest BCUT2D eigenvalue weighted by molar-refractivity contribution is 7.99. The highest BCUT2D eigenvalue weighted by Gasteiger charge is 2.20. The maximum absolute atomic E-state index is 4.32. The number of fused-ring (bicyclic) bond motifs is 1. The van der Waals surface area contributed by atoms with E-state index in [-0.39, 0.29) is 0 Å². The van der Waals surface area contributed by atoms with Gasteiger partial charge in [0, 0.05) is 48.6 Å². The second-order valence-corrected chi connectivity index (χ2v) is 9.06. The maximum atomic E-state index is 4.32. The van der Waals surface area contributed by atoms with E-state index in [0.717, 1.165) is 25.3 Å². The molecule has 2 aromatic rings. The molecule has 0 bridgehead atoms. The summed E-state index contributed by atoms with van der Waals surface area (Å²) in [6.07, 6.45) is 9.94. The van der Waals surface area contributed by atoms with E-state index in [4.69, 9.17) is 0 Å². The molecule has 1 fully saturated rings. The second-order valence-electron chi connectivity index (χ2n) is 8.04. The average molecular weight is 419 g/mol. The first kappa shape index (κ1) is 22.3. The van der Waals surface area contributed by atoms with Crippen LogP contribution >= 0.6 is 11.8 Å². The van der Waals surface area contributed by atoms with Crippen molar-refractivity contribution >= 4 is 22.5 Å². The molecule has 0 amide bonds. The predicted octanol–water partition coefficient (Wildman–Crippen LogP) is 6.78. The minimum absolute atomic E-state index is 0.612. The molecule has 1 N–H and O–H groups in total. The quantitative estimate of drug-likeness (QED) is 0.274. The third-order valence-electron chi connectivity index (χ3n) is 5.81. The zero-order chi connectivity index (χ0) is 21.3. The van der Waals surface area contributed by atoms with E-state index in [1.807, 2.05) is 18.8 Å². The van der Waals surface area contributed by atoms with Crippen LogP contribution in [0.2, 0.25) is 0 Å². The largest absolute Gasteiger partial charge is 0.391 e. The normalized spacial score (nSPS) is 17.5. The Labute approximate surface area is 186 Å². The Morgan fingerprint density at radius 2 is 2.00 bits per heavy atom. The van der Waals surface area contributed by atoms with Crippen molar-refractivity contribution in [3.63, 3.8) is 0 Å². The zero-order valence-corrected chi connectivity index (χ0v) is 19.2. The summed E-state index contributed by atoms with van der Waals surface area (Å²) in [6, 6.07) is 15.1. The van der Waals surface area contributed by atoms with Crippen LogP contribution in [0, 0.1) is 5.92 Å². The Morgan fingerprint density at radius 1 is 1.20 bits per heavy atom. The molecule has 0 radical (unpaired) electrons. The third kappa shape index (κ3) is 6.06. The first-order valence-electron chi connectivity index (χ1n) is 10.8. The van der Waals surface area contributed by atoms with Gasteiger partial charge in [-0.3, -0.25) is 0 Å². The van der Waals surface area contributed by atoms with Gasteiger partial charge in [0.2, 0.25) is 0 Å². The van der Waals surface area contributed by atoms with Crippen molar-refractivity contribution in [1.82, 2.24) is 10.2 Å². The molecular formula is C27H34N2S. The van der Waals surface area contributed by atoms with Crippen molar-refractivity contribution < 1.29 is 0 Å². The molecule has 1 atom stereocenters. The number of hydrogen-bond donors (Lipinski definition) is 1. The Morgan fingerprint density at radius 3 is 2.80 bits per heavy atom. The van der Waals surface area contributed by atoms with Gasteiger partial charge in [-0.25, -0.2) is 0 Å². The summed E-state index contributed by atoms with van der Waals surface area (Å²) in [4.78, 5) is 3.76. The van der Waals surface area contributed by atoms with Gasteiger partial charge in [0.05, 0.1) is 0 Å². The van der Waals surface area contributed by atoms with Crippen molar-refractivity contribution in [3.05, 3.63) is 90.8 Å². The molecule has 1 unspecified atom stereocenters. The van der Waals surface area contributed by atoms with Crippen molar-refractivity contribution in [2.24, 2.45) is 5.92 Å². The maximum Gasteiger partial charge on any atom is 0.0380 e.